The van der Waals surface area contributed by atoms with E-state index in [4.69, 9.17) is 4.74 Å². The molecule has 0 aromatic heterocycles. The van der Waals surface area contributed by atoms with Crippen molar-refractivity contribution in [2.45, 2.75) is 26.0 Å². The molecular weight excluding hydrogens is 200 g/mol. The summed E-state index contributed by atoms with van der Waals surface area (Å²) in [7, 11) is -2.90. The smallest absolute Gasteiger partial charge is 0.156 e. The molecule has 0 radical (unpaired) electrons. The van der Waals surface area contributed by atoms with Crippen molar-refractivity contribution in [3.8, 4) is 0 Å². The average Bonchev–Trinajstić information content (AvgIpc) is 2.55. The van der Waals surface area contributed by atoms with E-state index in [-0.39, 0.29) is 16.6 Å². The highest BCUT2D eigenvalue weighted by Crippen LogP contribution is 2.49. The molecule has 4 heteroatoms. The molecule has 2 rings (SSSR count). The molecule has 3 nitrogen and oxygen atoms in total. The van der Waals surface area contributed by atoms with Gasteiger partial charge in [-0.2, -0.15) is 0 Å². The van der Waals surface area contributed by atoms with E-state index in [0.29, 0.717) is 24.9 Å². The van der Waals surface area contributed by atoms with Gasteiger partial charge < -0.3 is 4.74 Å². The molecule has 3 atom stereocenters. The Kier molecular flexibility index (Phi) is 2.20. The van der Waals surface area contributed by atoms with Gasteiger partial charge in [-0.25, -0.2) is 8.42 Å². The Bertz CT molecular complexity index is 333. The van der Waals surface area contributed by atoms with Gasteiger partial charge in [0.2, 0.25) is 0 Å². The Morgan fingerprint density at radius 3 is 2.57 bits per heavy atom. The van der Waals surface area contributed by atoms with E-state index >= 15 is 0 Å². The van der Waals surface area contributed by atoms with Gasteiger partial charge in [0.15, 0.2) is 9.84 Å². The molecule has 2 fully saturated rings. The molecule has 82 valence electrons. The fourth-order valence-corrected chi connectivity index (χ4v) is 5.57. The van der Waals surface area contributed by atoms with Crippen molar-refractivity contribution in [3.05, 3.63) is 0 Å². The zero-order chi connectivity index (χ0) is 10.6. The maximum absolute atomic E-state index is 11.9. The lowest BCUT2D eigenvalue weighted by Gasteiger charge is -2.32. The summed E-state index contributed by atoms with van der Waals surface area (Å²) in [4.78, 5) is 0. The summed E-state index contributed by atoms with van der Waals surface area (Å²) in [6.45, 7) is 7.34. The molecule has 0 N–H and O–H groups in total. The molecule has 2 aliphatic heterocycles. The molecule has 0 spiro atoms. The van der Waals surface area contributed by atoms with Gasteiger partial charge in [-0.15, -0.1) is 0 Å². The fourth-order valence-electron chi connectivity index (χ4n) is 2.75. The van der Waals surface area contributed by atoms with Gasteiger partial charge in [0.05, 0.1) is 24.2 Å². The van der Waals surface area contributed by atoms with Crippen molar-refractivity contribution < 1.29 is 13.2 Å². The zero-order valence-electron chi connectivity index (χ0n) is 8.99. The van der Waals surface area contributed by atoms with E-state index in [1.807, 2.05) is 0 Å². The highest BCUT2D eigenvalue weighted by Gasteiger charge is 2.57. The Labute approximate surface area is 85.8 Å². The van der Waals surface area contributed by atoms with Crippen molar-refractivity contribution >= 4 is 9.84 Å². The van der Waals surface area contributed by atoms with E-state index in [1.165, 1.54) is 0 Å². The van der Waals surface area contributed by atoms with Gasteiger partial charge in [0.1, 0.15) is 0 Å². The second-order valence-electron chi connectivity index (χ2n) is 5.15. The average molecular weight is 218 g/mol. The highest BCUT2D eigenvalue weighted by molar-refractivity contribution is 7.92. The molecule has 2 saturated heterocycles. The van der Waals surface area contributed by atoms with Crippen LogP contribution in [0.4, 0.5) is 0 Å². The minimum Gasteiger partial charge on any atom is -0.380 e. The van der Waals surface area contributed by atoms with Crippen LogP contribution in [0.15, 0.2) is 0 Å². The third-order valence-electron chi connectivity index (χ3n) is 4.17. The molecule has 2 aliphatic rings. The van der Waals surface area contributed by atoms with Crippen LogP contribution in [-0.2, 0) is 14.6 Å². The van der Waals surface area contributed by atoms with Gasteiger partial charge >= 0.3 is 0 Å². The first-order valence-electron chi connectivity index (χ1n) is 5.17. The number of hydrogen-bond donors (Lipinski definition) is 0. The van der Waals surface area contributed by atoms with Crippen LogP contribution in [0, 0.1) is 17.3 Å². The SMILES string of the molecule is CC(C)C1(C)CS(=O)(=O)C2COCC21. The van der Waals surface area contributed by atoms with Crippen LogP contribution in [0.1, 0.15) is 20.8 Å². The molecule has 0 aromatic rings. The van der Waals surface area contributed by atoms with E-state index in [0.717, 1.165) is 0 Å². The predicted octanol–water partition coefficient (Wildman–Crippen LogP) is 1.09. The standard InChI is InChI=1S/C10H18O3S/c1-7(2)10(3)6-14(11,12)9-5-13-4-8(9)10/h7-9H,4-6H2,1-3H3. The van der Waals surface area contributed by atoms with Gasteiger partial charge in [-0.05, 0) is 11.3 Å². The highest BCUT2D eigenvalue weighted by atomic mass is 32.2. The summed E-state index contributed by atoms with van der Waals surface area (Å²) in [6.07, 6.45) is 0. The van der Waals surface area contributed by atoms with Crippen LogP contribution in [0.25, 0.3) is 0 Å². The van der Waals surface area contributed by atoms with E-state index in [1.54, 1.807) is 0 Å². The minimum absolute atomic E-state index is 0.0833. The van der Waals surface area contributed by atoms with Crippen molar-refractivity contribution in [1.82, 2.24) is 0 Å². The molecule has 2 heterocycles. The van der Waals surface area contributed by atoms with Crippen LogP contribution < -0.4 is 0 Å². The van der Waals surface area contributed by atoms with Gasteiger partial charge in [0.25, 0.3) is 0 Å². The molecule has 3 unspecified atom stereocenters. The van der Waals surface area contributed by atoms with Crippen molar-refractivity contribution in [3.63, 3.8) is 0 Å². The quantitative estimate of drug-likeness (QED) is 0.662. The fraction of sp³-hybridized carbons (Fsp3) is 1.00. The Morgan fingerprint density at radius 1 is 1.36 bits per heavy atom. The minimum atomic E-state index is -2.90. The lowest BCUT2D eigenvalue weighted by Crippen LogP contribution is -2.33. The van der Waals surface area contributed by atoms with Crippen LogP contribution in [0.2, 0.25) is 0 Å². The lowest BCUT2D eigenvalue weighted by molar-refractivity contribution is 0.116. The Morgan fingerprint density at radius 2 is 2.00 bits per heavy atom. The molecule has 14 heavy (non-hydrogen) atoms. The molecule has 0 bridgehead atoms. The number of sulfone groups is 1. The van der Waals surface area contributed by atoms with Crippen LogP contribution in [0.5, 0.6) is 0 Å². The Hall–Kier alpha value is -0.0900. The lowest BCUT2D eigenvalue weighted by atomic mass is 9.70. The molecule has 0 saturated carbocycles. The van der Waals surface area contributed by atoms with Crippen LogP contribution >= 0.6 is 0 Å². The van der Waals surface area contributed by atoms with Gasteiger partial charge in [-0.3, -0.25) is 0 Å². The van der Waals surface area contributed by atoms with Crippen molar-refractivity contribution in [2.75, 3.05) is 19.0 Å². The van der Waals surface area contributed by atoms with Crippen molar-refractivity contribution in [2.24, 2.45) is 17.3 Å². The summed E-state index contributed by atoms with van der Waals surface area (Å²) in [5.41, 5.74) is -0.0833. The second-order valence-corrected chi connectivity index (χ2v) is 7.37. The summed E-state index contributed by atoms with van der Waals surface area (Å²) in [5.74, 6) is 0.956. The number of rotatable bonds is 1. The zero-order valence-corrected chi connectivity index (χ0v) is 9.80. The van der Waals surface area contributed by atoms with E-state index in [2.05, 4.69) is 20.8 Å². The largest absolute Gasteiger partial charge is 0.380 e. The monoisotopic (exact) mass is 218 g/mol. The first kappa shape index (κ1) is 10.4. The molecule has 0 amide bonds. The first-order chi connectivity index (χ1) is 6.38. The van der Waals surface area contributed by atoms with Crippen molar-refractivity contribution in [1.29, 1.82) is 0 Å². The van der Waals surface area contributed by atoms with Gasteiger partial charge in [0, 0.05) is 5.92 Å². The Balaban J connectivity index is 2.41. The predicted molar refractivity (Wildman–Crippen MR) is 54.8 cm³/mol. The number of ether oxygens (including phenoxy) is 1. The first-order valence-corrected chi connectivity index (χ1v) is 6.89. The summed E-state index contributed by atoms with van der Waals surface area (Å²) >= 11 is 0. The van der Waals surface area contributed by atoms with Gasteiger partial charge in [-0.1, -0.05) is 20.8 Å². The molecule has 0 aliphatic carbocycles. The number of hydrogen-bond acceptors (Lipinski definition) is 3. The molecule has 0 aromatic carbocycles. The maximum atomic E-state index is 11.9. The third kappa shape index (κ3) is 1.23. The maximum Gasteiger partial charge on any atom is 0.156 e. The van der Waals surface area contributed by atoms with Crippen LogP contribution in [-0.4, -0.2) is 32.6 Å². The third-order valence-corrected chi connectivity index (χ3v) is 6.58. The van der Waals surface area contributed by atoms with E-state index in [9.17, 15) is 8.42 Å². The topological polar surface area (TPSA) is 43.4 Å². The summed E-state index contributed by atoms with van der Waals surface area (Å²) in [5, 5.41) is -0.227. The second kappa shape index (κ2) is 2.95. The summed E-state index contributed by atoms with van der Waals surface area (Å²) < 4.78 is 29.1. The number of fused-ring (bicyclic) bond motifs is 1. The normalized spacial score (nSPS) is 45.7. The summed E-state index contributed by atoms with van der Waals surface area (Å²) in [6, 6.07) is 0. The molecular formula is C10H18O3S. The van der Waals surface area contributed by atoms with E-state index < -0.39 is 9.84 Å². The van der Waals surface area contributed by atoms with Crippen LogP contribution in [0.3, 0.4) is 0 Å².